The van der Waals surface area contributed by atoms with E-state index in [9.17, 15) is 0 Å². The summed E-state index contributed by atoms with van der Waals surface area (Å²) in [4.78, 5) is 4.55. The number of nitrogens with one attached hydrogen (secondary N) is 1. The predicted molar refractivity (Wildman–Crippen MR) is 65.6 cm³/mol. The first-order chi connectivity index (χ1) is 8.38. The summed E-state index contributed by atoms with van der Waals surface area (Å²) in [6, 6.07) is 6.08. The maximum atomic E-state index is 5.64. The van der Waals surface area contributed by atoms with Crippen LogP contribution in [0.15, 0.2) is 18.2 Å². The van der Waals surface area contributed by atoms with Crippen LogP contribution in [0.3, 0.4) is 0 Å². The minimum Gasteiger partial charge on any atom is -0.376 e. The second-order valence-electron chi connectivity index (χ2n) is 4.27. The van der Waals surface area contributed by atoms with Crippen LogP contribution in [0.4, 0.5) is 0 Å². The Kier molecular flexibility index (Phi) is 4.91. The Morgan fingerprint density at radius 1 is 1.41 bits per heavy atom. The molecule has 0 atom stereocenters. The Labute approximate surface area is 102 Å². The van der Waals surface area contributed by atoms with Gasteiger partial charge in [0.1, 0.15) is 6.10 Å². The summed E-state index contributed by atoms with van der Waals surface area (Å²) in [6.45, 7) is 6.03. The van der Waals surface area contributed by atoms with Crippen molar-refractivity contribution in [1.29, 1.82) is 0 Å². The maximum Gasteiger partial charge on any atom is 0.105 e. The van der Waals surface area contributed by atoms with Gasteiger partial charge >= 0.3 is 0 Å². The minimum atomic E-state index is 0.263. The molecule has 0 unspecified atom stereocenters. The monoisotopic (exact) mass is 236 g/mol. The smallest absolute Gasteiger partial charge is 0.105 e. The fraction of sp³-hybridized carbons (Fsp3) is 0.615. The maximum absolute atomic E-state index is 5.64. The molecule has 1 aliphatic rings. The van der Waals surface area contributed by atoms with Gasteiger partial charge in [0.15, 0.2) is 0 Å². The van der Waals surface area contributed by atoms with Gasteiger partial charge in [0, 0.05) is 6.54 Å². The lowest BCUT2D eigenvalue weighted by Crippen LogP contribution is -2.35. The third-order valence-corrected chi connectivity index (χ3v) is 2.67. The van der Waals surface area contributed by atoms with Crippen molar-refractivity contribution >= 4 is 0 Å². The van der Waals surface area contributed by atoms with Crippen LogP contribution in [-0.2, 0) is 22.6 Å². The number of hydrogen-bond acceptors (Lipinski definition) is 4. The number of nitrogens with zero attached hydrogens (tertiary/aromatic N) is 1. The molecule has 0 amide bonds. The van der Waals surface area contributed by atoms with Crippen LogP contribution in [-0.4, -0.2) is 30.8 Å². The molecular formula is C13H20N2O2. The summed E-state index contributed by atoms with van der Waals surface area (Å²) in [5, 5.41) is 3.34. The van der Waals surface area contributed by atoms with Crippen molar-refractivity contribution in [2.45, 2.75) is 32.6 Å². The Morgan fingerprint density at radius 2 is 2.24 bits per heavy atom. The van der Waals surface area contributed by atoms with Crippen molar-refractivity contribution in [3.8, 4) is 0 Å². The van der Waals surface area contributed by atoms with Crippen LogP contribution in [0.1, 0.15) is 24.7 Å². The van der Waals surface area contributed by atoms with E-state index in [0.717, 1.165) is 44.1 Å². The Balaban J connectivity index is 1.78. The van der Waals surface area contributed by atoms with Gasteiger partial charge in [-0.3, -0.25) is 4.98 Å². The highest BCUT2D eigenvalue weighted by Gasteiger charge is 2.18. The van der Waals surface area contributed by atoms with Gasteiger partial charge in [0.05, 0.1) is 31.2 Å². The SMILES string of the molecule is CCCNCc1cccc(COC2COC2)n1. The molecule has 4 heteroatoms. The zero-order valence-electron chi connectivity index (χ0n) is 10.3. The van der Waals surface area contributed by atoms with Gasteiger partial charge < -0.3 is 14.8 Å². The quantitative estimate of drug-likeness (QED) is 0.729. The number of pyridine rings is 1. The first-order valence-corrected chi connectivity index (χ1v) is 6.23. The zero-order chi connectivity index (χ0) is 11.9. The van der Waals surface area contributed by atoms with Crippen molar-refractivity contribution in [3.63, 3.8) is 0 Å². The molecular weight excluding hydrogens is 216 g/mol. The first-order valence-electron chi connectivity index (χ1n) is 6.23. The van der Waals surface area contributed by atoms with Gasteiger partial charge in [-0.05, 0) is 25.1 Å². The molecule has 0 aromatic carbocycles. The number of aromatic nitrogens is 1. The molecule has 17 heavy (non-hydrogen) atoms. The molecule has 0 aliphatic carbocycles. The van der Waals surface area contributed by atoms with Crippen LogP contribution in [0, 0.1) is 0 Å². The third kappa shape index (κ3) is 4.07. The van der Waals surface area contributed by atoms with Crippen molar-refractivity contribution in [1.82, 2.24) is 10.3 Å². The van der Waals surface area contributed by atoms with Crippen LogP contribution in [0.2, 0.25) is 0 Å². The van der Waals surface area contributed by atoms with Crippen molar-refractivity contribution in [3.05, 3.63) is 29.6 Å². The molecule has 1 aliphatic heterocycles. The highest BCUT2D eigenvalue weighted by atomic mass is 16.6. The second-order valence-corrected chi connectivity index (χ2v) is 4.27. The molecule has 2 heterocycles. The summed E-state index contributed by atoms with van der Waals surface area (Å²) in [5.41, 5.74) is 2.07. The molecule has 1 aromatic rings. The topological polar surface area (TPSA) is 43.4 Å². The van der Waals surface area contributed by atoms with Crippen molar-refractivity contribution < 1.29 is 9.47 Å². The normalized spacial score (nSPS) is 15.8. The van der Waals surface area contributed by atoms with E-state index in [1.165, 1.54) is 0 Å². The summed E-state index contributed by atoms with van der Waals surface area (Å²) in [7, 11) is 0. The molecule has 0 radical (unpaired) electrons. The predicted octanol–water partition coefficient (Wildman–Crippen LogP) is 1.50. The average Bonchev–Trinajstić information content (AvgIpc) is 2.28. The van der Waals surface area contributed by atoms with Gasteiger partial charge in [0.2, 0.25) is 0 Å². The van der Waals surface area contributed by atoms with E-state index in [1.807, 2.05) is 18.2 Å². The van der Waals surface area contributed by atoms with E-state index >= 15 is 0 Å². The van der Waals surface area contributed by atoms with E-state index in [4.69, 9.17) is 9.47 Å². The molecule has 2 rings (SSSR count). The zero-order valence-corrected chi connectivity index (χ0v) is 10.3. The van der Waals surface area contributed by atoms with Crippen LogP contribution < -0.4 is 5.32 Å². The minimum absolute atomic E-state index is 0.263. The molecule has 4 nitrogen and oxygen atoms in total. The van der Waals surface area contributed by atoms with Gasteiger partial charge in [-0.1, -0.05) is 13.0 Å². The van der Waals surface area contributed by atoms with Crippen LogP contribution >= 0.6 is 0 Å². The Hall–Kier alpha value is -0.970. The molecule has 0 bridgehead atoms. The fourth-order valence-corrected chi connectivity index (χ4v) is 1.61. The van der Waals surface area contributed by atoms with Crippen molar-refractivity contribution in [2.24, 2.45) is 0 Å². The average molecular weight is 236 g/mol. The van der Waals surface area contributed by atoms with Gasteiger partial charge in [-0.25, -0.2) is 0 Å². The molecule has 0 saturated carbocycles. The lowest BCUT2D eigenvalue weighted by Gasteiger charge is -2.25. The summed E-state index contributed by atoms with van der Waals surface area (Å²) < 4.78 is 10.7. The van der Waals surface area contributed by atoms with Crippen LogP contribution in [0.5, 0.6) is 0 Å². The van der Waals surface area contributed by atoms with Crippen molar-refractivity contribution in [2.75, 3.05) is 19.8 Å². The van der Waals surface area contributed by atoms with E-state index in [-0.39, 0.29) is 6.10 Å². The summed E-state index contributed by atoms with van der Waals surface area (Å²) in [6.07, 6.45) is 1.41. The van der Waals surface area contributed by atoms with E-state index < -0.39 is 0 Å². The lowest BCUT2D eigenvalue weighted by atomic mass is 10.3. The Morgan fingerprint density at radius 3 is 2.94 bits per heavy atom. The lowest BCUT2D eigenvalue weighted by molar-refractivity contribution is -0.135. The standard InChI is InChI=1S/C13H20N2O2/c1-2-6-14-7-11-4-3-5-12(15-11)8-17-13-9-16-10-13/h3-5,13-14H,2,6-10H2,1H3. The highest BCUT2D eigenvalue weighted by molar-refractivity contribution is 5.10. The van der Waals surface area contributed by atoms with E-state index in [2.05, 4.69) is 17.2 Å². The molecule has 1 N–H and O–H groups in total. The van der Waals surface area contributed by atoms with Gasteiger partial charge in [-0.15, -0.1) is 0 Å². The molecule has 1 aromatic heterocycles. The second kappa shape index (κ2) is 6.69. The van der Waals surface area contributed by atoms with Gasteiger partial charge in [0.25, 0.3) is 0 Å². The Bertz CT molecular complexity index is 340. The summed E-state index contributed by atoms with van der Waals surface area (Å²) >= 11 is 0. The molecule has 94 valence electrons. The van der Waals surface area contributed by atoms with Gasteiger partial charge in [-0.2, -0.15) is 0 Å². The third-order valence-electron chi connectivity index (χ3n) is 2.67. The molecule has 1 saturated heterocycles. The number of ether oxygens (including phenoxy) is 2. The summed E-state index contributed by atoms with van der Waals surface area (Å²) in [5.74, 6) is 0. The van der Waals surface area contributed by atoms with Crippen LogP contribution in [0.25, 0.3) is 0 Å². The number of hydrogen-bond donors (Lipinski definition) is 1. The number of rotatable bonds is 7. The molecule has 1 fully saturated rings. The largest absolute Gasteiger partial charge is 0.376 e. The van der Waals surface area contributed by atoms with E-state index in [1.54, 1.807) is 0 Å². The molecule has 0 spiro atoms. The highest BCUT2D eigenvalue weighted by Crippen LogP contribution is 2.09. The van der Waals surface area contributed by atoms with E-state index in [0.29, 0.717) is 6.61 Å². The first kappa shape index (κ1) is 12.5. The fourth-order valence-electron chi connectivity index (χ4n) is 1.61.